The van der Waals surface area contributed by atoms with Gasteiger partial charge in [0.15, 0.2) is 0 Å². The summed E-state index contributed by atoms with van der Waals surface area (Å²) in [6, 6.07) is 0. The van der Waals surface area contributed by atoms with Crippen LogP contribution >= 0.6 is 0 Å². The van der Waals surface area contributed by atoms with Crippen LogP contribution in [-0.4, -0.2) is 18.6 Å². The predicted octanol–water partition coefficient (Wildman–Crippen LogP) is 0.677. The van der Waals surface area contributed by atoms with Gasteiger partial charge in [-0.15, -0.1) is 0 Å². The van der Waals surface area contributed by atoms with Gasteiger partial charge in [0.2, 0.25) is 0 Å². The summed E-state index contributed by atoms with van der Waals surface area (Å²) in [6.07, 6.45) is 4.33. The molecule has 3 unspecified atom stereocenters. The molecule has 0 aromatic rings. The van der Waals surface area contributed by atoms with Crippen LogP contribution in [0.25, 0.3) is 0 Å². The third-order valence-corrected chi connectivity index (χ3v) is 3.46. The maximum absolute atomic E-state index is 11.4. The molecule has 0 heterocycles. The van der Waals surface area contributed by atoms with Gasteiger partial charge < -0.3 is 10.5 Å². The maximum atomic E-state index is 11.4. The number of hydrogen-bond donors (Lipinski definition) is 1. The molecule has 2 bridgehead atoms. The Hall–Kier alpha value is -0.570. The molecule has 0 spiro atoms. The number of carbonyl (C=O) groups excluding carboxylic acids is 1. The molecular weight excluding hydrogens is 154 g/mol. The lowest BCUT2D eigenvalue weighted by Gasteiger charge is -2.30. The van der Waals surface area contributed by atoms with E-state index in [4.69, 9.17) is 10.5 Å². The molecule has 3 nitrogen and oxygen atoms in total. The van der Waals surface area contributed by atoms with E-state index in [0.29, 0.717) is 11.8 Å². The number of ether oxygens (including phenoxy) is 1. The van der Waals surface area contributed by atoms with E-state index in [1.54, 1.807) is 0 Å². The van der Waals surface area contributed by atoms with Crippen LogP contribution in [0.4, 0.5) is 0 Å². The summed E-state index contributed by atoms with van der Waals surface area (Å²) in [6.45, 7) is 0. The maximum Gasteiger partial charge on any atom is 0.326 e. The first-order valence-electron chi connectivity index (χ1n) is 4.54. The summed E-state index contributed by atoms with van der Waals surface area (Å²) in [5.74, 6) is 0.851. The molecule has 0 amide bonds. The van der Waals surface area contributed by atoms with Crippen molar-refractivity contribution in [2.75, 3.05) is 7.11 Å². The predicted molar refractivity (Wildman–Crippen MR) is 44.4 cm³/mol. The van der Waals surface area contributed by atoms with Crippen LogP contribution in [-0.2, 0) is 9.53 Å². The Kier molecular flexibility index (Phi) is 1.65. The van der Waals surface area contributed by atoms with Crippen LogP contribution < -0.4 is 5.73 Å². The Morgan fingerprint density at radius 3 is 2.75 bits per heavy atom. The van der Waals surface area contributed by atoms with E-state index in [-0.39, 0.29) is 5.97 Å². The smallest absolute Gasteiger partial charge is 0.326 e. The van der Waals surface area contributed by atoms with Crippen LogP contribution in [0.1, 0.15) is 25.7 Å². The third-order valence-electron chi connectivity index (χ3n) is 3.46. The van der Waals surface area contributed by atoms with Gasteiger partial charge in [0.05, 0.1) is 7.11 Å². The van der Waals surface area contributed by atoms with Gasteiger partial charge in [0, 0.05) is 0 Å². The summed E-state index contributed by atoms with van der Waals surface area (Å²) < 4.78 is 4.73. The quantitative estimate of drug-likeness (QED) is 0.587. The number of carbonyl (C=O) groups is 1. The third kappa shape index (κ3) is 0.891. The highest BCUT2D eigenvalue weighted by molar-refractivity contribution is 5.81. The first kappa shape index (κ1) is 8.05. The van der Waals surface area contributed by atoms with Crippen LogP contribution in [0.3, 0.4) is 0 Å². The number of fused-ring (bicyclic) bond motifs is 2. The summed E-state index contributed by atoms with van der Waals surface area (Å²) in [5, 5.41) is 0. The van der Waals surface area contributed by atoms with Crippen molar-refractivity contribution in [1.29, 1.82) is 0 Å². The highest BCUT2D eigenvalue weighted by Gasteiger charge is 2.53. The fraction of sp³-hybridized carbons (Fsp3) is 0.889. The molecule has 2 aliphatic rings. The van der Waals surface area contributed by atoms with Gasteiger partial charge in [-0.2, -0.15) is 0 Å². The van der Waals surface area contributed by atoms with Crippen molar-refractivity contribution in [3.8, 4) is 0 Å². The molecule has 0 aromatic heterocycles. The van der Waals surface area contributed by atoms with E-state index in [9.17, 15) is 4.79 Å². The van der Waals surface area contributed by atoms with Crippen molar-refractivity contribution in [2.24, 2.45) is 17.6 Å². The number of nitrogens with two attached hydrogens (primary N) is 1. The lowest BCUT2D eigenvalue weighted by Crippen LogP contribution is -2.52. The standard InChI is InChI=1S/C9H15NO2/c1-12-8(11)9(10)5-6-2-3-7(9)4-6/h6-7H,2-5,10H2,1H3. The minimum atomic E-state index is -0.641. The Labute approximate surface area is 72.3 Å². The van der Waals surface area contributed by atoms with Gasteiger partial charge in [0.25, 0.3) is 0 Å². The monoisotopic (exact) mass is 169 g/mol. The van der Waals surface area contributed by atoms with Gasteiger partial charge in [-0.25, -0.2) is 0 Å². The zero-order chi connectivity index (χ0) is 8.77. The molecular formula is C9H15NO2. The van der Waals surface area contributed by atoms with Crippen molar-refractivity contribution in [3.05, 3.63) is 0 Å². The number of rotatable bonds is 1. The van der Waals surface area contributed by atoms with E-state index in [1.807, 2.05) is 0 Å². The second kappa shape index (κ2) is 2.46. The molecule has 2 aliphatic carbocycles. The Morgan fingerprint density at radius 1 is 1.58 bits per heavy atom. The molecule has 0 radical (unpaired) electrons. The normalized spacial score (nSPS) is 44.8. The minimum Gasteiger partial charge on any atom is -0.468 e. The molecule has 0 aromatic carbocycles. The first-order valence-corrected chi connectivity index (χ1v) is 4.54. The molecule has 12 heavy (non-hydrogen) atoms. The largest absolute Gasteiger partial charge is 0.468 e. The number of esters is 1. The summed E-state index contributed by atoms with van der Waals surface area (Å²) in [4.78, 5) is 11.4. The van der Waals surface area contributed by atoms with Crippen molar-refractivity contribution < 1.29 is 9.53 Å². The van der Waals surface area contributed by atoms with E-state index in [1.165, 1.54) is 13.5 Å². The molecule has 3 atom stereocenters. The first-order chi connectivity index (χ1) is 5.66. The van der Waals surface area contributed by atoms with Crippen molar-refractivity contribution in [2.45, 2.75) is 31.2 Å². The highest BCUT2D eigenvalue weighted by Crippen LogP contribution is 2.49. The average Bonchev–Trinajstić information content (AvgIpc) is 2.62. The molecule has 0 aliphatic heterocycles. The van der Waals surface area contributed by atoms with Crippen LogP contribution in [0.2, 0.25) is 0 Å². The molecule has 68 valence electrons. The molecule has 3 heteroatoms. The van der Waals surface area contributed by atoms with Crippen molar-refractivity contribution in [1.82, 2.24) is 0 Å². The van der Waals surface area contributed by atoms with E-state index in [2.05, 4.69) is 0 Å². The number of hydrogen-bond acceptors (Lipinski definition) is 3. The van der Waals surface area contributed by atoms with Crippen LogP contribution in [0.15, 0.2) is 0 Å². The second-order valence-corrected chi connectivity index (χ2v) is 4.11. The van der Waals surface area contributed by atoms with Crippen LogP contribution in [0.5, 0.6) is 0 Å². The molecule has 2 N–H and O–H groups in total. The van der Waals surface area contributed by atoms with Gasteiger partial charge in [-0.1, -0.05) is 6.42 Å². The second-order valence-electron chi connectivity index (χ2n) is 4.11. The molecule has 0 saturated heterocycles. The van der Waals surface area contributed by atoms with Crippen molar-refractivity contribution in [3.63, 3.8) is 0 Å². The van der Waals surface area contributed by atoms with Gasteiger partial charge >= 0.3 is 5.97 Å². The van der Waals surface area contributed by atoms with Gasteiger partial charge in [-0.3, -0.25) is 4.79 Å². The minimum absolute atomic E-state index is 0.213. The fourth-order valence-corrected chi connectivity index (χ4v) is 2.81. The SMILES string of the molecule is COC(=O)C1(N)CC2CCC1C2. The van der Waals surface area contributed by atoms with Crippen molar-refractivity contribution >= 4 is 5.97 Å². The fourth-order valence-electron chi connectivity index (χ4n) is 2.81. The Balaban J connectivity index is 2.17. The lowest BCUT2D eigenvalue weighted by molar-refractivity contribution is -0.149. The van der Waals surface area contributed by atoms with Gasteiger partial charge in [-0.05, 0) is 31.1 Å². The molecule has 2 rings (SSSR count). The average molecular weight is 169 g/mol. The van der Waals surface area contributed by atoms with Crippen LogP contribution in [0, 0.1) is 11.8 Å². The molecule has 2 fully saturated rings. The summed E-state index contributed by atoms with van der Waals surface area (Å²) in [5.41, 5.74) is 5.38. The zero-order valence-corrected chi connectivity index (χ0v) is 7.38. The molecule has 2 saturated carbocycles. The summed E-state index contributed by atoms with van der Waals surface area (Å²) in [7, 11) is 1.42. The van der Waals surface area contributed by atoms with E-state index in [0.717, 1.165) is 19.3 Å². The topological polar surface area (TPSA) is 52.3 Å². The van der Waals surface area contributed by atoms with Gasteiger partial charge in [0.1, 0.15) is 5.54 Å². The van der Waals surface area contributed by atoms with E-state index >= 15 is 0 Å². The number of methoxy groups -OCH3 is 1. The summed E-state index contributed by atoms with van der Waals surface area (Å²) >= 11 is 0. The highest BCUT2D eigenvalue weighted by atomic mass is 16.5. The Bertz CT molecular complexity index is 217. The van der Waals surface area contributed by atoms with E-state index < -0.39 is 5.54 Å². The lowest BCUT2D eigenvalue weighted by atomic mass is 9.82. The zero-order valence-electron chi connectivity index (χ0n) is 7.38. The Morgan fingerprint density at radius 2 is 2.33 bits per heavy atom.